The molecular formula is C22H24Cl2N2O5S. The Kier molecular flexibility index (Phi) is 8.16. The number of hydrogen-bond acceptors (Lipinski definition) is 5. The first-order valence-electron chi connectivity index (χ1n) is 10.2. The molecule has 0 bridgehead atoms. The van der Waals surface area contributed by atoms with Gasteiger partial charge >= 0.3 is 5.97 Å². The summed E-state index contributed by atoms with van der Waals surface area (Å²) in [6, 6.07) is 11.1. The summed E-state index contributed by atoms with van der Waals surface area (Å²) >= 11 is 11.9. The van der Waals surface area contributed by atoms with Crippen LogP contribution in [0.3, 0.4) is 0 Å². The number of nitrogens with zero attached hydrogens (tertiary/aromatic N) is 1. The fourth-order valence-electron chi connectivity index (χ4n) is 3.29. The Bertz CT molecular complexity index is 1080. The lowest BCUT2D eigenvalue weighted by molar-refractivity contribution is -0.153. The zero-order valence-corrected chi connectivity index (χ0v) is 19.8. The number of hydrogen-bond donors (Lipinski definition) is 1. The largest absolute Gasteiger partial charge is 0.453 e. The third kappa shape index (κ3) is 6.22. The van der Waals surface area contributed by atoms with Crippen LogP contribution in [0.1, 0.15) is 31.7 Å². The van der Waals surface area contributed by atoms with Crippen molar-refractivity contribution in [2.45, 2.75) is 43.6 Å². The van der Waals surface area contributed by atoms with E-state index < -0.39 is 28.0 Å². The van der Waals surface area contributed by atoms with Gasteiger partial charge in [-0.1, -0.05) is 35.3 Å². The van der Waals surface area contributed by atoms with Gasteiger partial charge in [-0.2, -0.15) is 4.31 Å². The van der Waals surface area contributed by atoms with Crippen molar-refractivity contribution in [3.63, 3.8) is 0 Å². The van der Waals surface area contributed by atoms with Gasteiger partial charge in [-0.15, -0.1) is 0 Å². The summed E-state index contributed by atoms with van der Waals surface area (Å²) in [5.41, 5.74) is 1.17. The lowest BCUT2D eigenvalue weighted by atomic mass is 10.1. The van der Waals surface area contributed by atoms with Crippen LogP contribution in [-0.2, 0) is 30.8 Å². The van der Waals surface area contributed by atoms with Gasteiger partial charge in [0.1, 0.15) is 0 Å². The van der Waals surface area contributed by atoms with Crippen molar-refractivity contribution in [3.05, 3.63) is 58.1 Å². The maximum Gasteiger partial charge on any atom is 0.306 e. The van der Waals surface area contributed by atoms with Crippen molar-refractivity contribution in [3.8, 4) is 0 Å². The molecule has 1 atom stereocenters. The van der Waals surface area contributed by atoms with Crippen LogP contribution in [-0.4, -0.2) is 43.8 Å². The lowest BCUT2D eigenvalue weighted by Gasteiger charge is -2.16. The predicted molar refractivity (Wildman–Crippen MR) is 123 cm³/mol. The van der Waals surface area contributed by atoms with E-state index in [0.717, 1.165) is 18.4 Å². The van der Waals surface area contributed by atoms with Crippen molar-refractivity contribution in [1.29, 1.82) is 0 Å². The first-order valence-corrected chi connectivity index (χ1v) is 12.4. The molecule has 1 N–H and O–H groups in total. The van der Waals surface area contributed by atoms with Crippen LogP contribution in [0.4, 0.5) is 5.69 Å². The number of esters is 1. The minimum absolute atomic E-state index is 0.0531. The summed E-state index contributed by atoms with van der Waals surface area (Å²) in [6.45, 7) is 2.56. The van der Waals surface area contributed by atoms with Crippen molar-refractivity contribution >= 4 is 50.8 Å². The molecule has 2 aromatic rings. The van der Waals surface area contributed by atoms with Gasteiger partial charge in [0.25, 0.3) is 5.91 Å². The molecule has 0 aliphatic carbocycles. The molecule has 1 aliphatic heterocycles. The lowest BCUT2D eigenvalue weighted by Crippen LogP contribution is -2.30. The Morgan fingerprint density at radius 1 is 1.09 bits per heavy atom. The monoisotopic (exact) mass is 498 g/mol. The molecule has 1 amide bonds. The molecular weight excluding hydrogens is 475 g/mol. The second-order valence-corrected chi connectivity index (χ2v) is 10.3. The van der Waals surface area contributed by atoms with E-state index in [0.29, 0.717) is 30.2 Å². The second kappa shape index (κ2) is 10.7. The molecule has 1 unspecified atom stereocenters. The van der Waals surface area contributed by atoms with Crippen molar-refractivity contribution in [2.75, 3.05) is 18.4 Å². The quantitative estimate of drug-likeness (QED) is 0.548. The molecule has 10 heteroatoms. The maximum absolute atomic E-state index is 12.6. The molecule has 3 rings (SSSR count). The summed E-state index contributed by atoms with van der Waals surface area (Å²) < 4.78 is 31.8. The van der Waals surface area contributed by atoms with E-state index in [1.807, 2.05) is 0 Å². The summed E-state index contributed by atoms with van der Waals surface area (Å²) in [7, 11) is -3.46. The van der Waals surface area contributed by atoms with E-state index in [1.165, 1.54) is 17.3 Å². The molecule has 7 nitrogen and oxygen atoms in total. The fraction of sp³-hybridized carbons (Fsp3) is 0.364. The molecule has 32 heavy (non-hydrogen) atoms. The van der Waals surface area contributed by atoms with Gasteiger partial charge in [-0.3, -0.25) is 9.59 Å². The Balaban J connectivity index is 1.49. The van der Waals surface area contributed by atoms with Gasteiger partial charge in [-0.25, -0.2) is 8.42 Å². The van der Waals surface area contributed by atoms with Crippen molar-refractivity contribution < 1.29 is 22.7 Å². The van der Waals surface area contributed by atoms with Gasteiger partial charge in [-0.05, 0) is 62.1 Å². The van der Waals surface area contributed by atoms with Crippen LogP contribution in [0.15, 0.2) is 47.4 Å². The fourth-order valence-corrected chi connectivity index (χ4v) is 5.26. The minimum atomic E-state index is -3.46. The number of carbonyl (C=O) groups is 2. The molecule has 172 valence electrons. The third-order valence-electron chi connectivity index (χ3n) is 5.11. The molecule has 0 aromatic heterocycles. The summed E-state index contributed by atoms with van der Waals surface area (Å²) in [6.07, 6.45) is 1.16. The van der Waals surface area contributed by atoms with Crippen LogP contribution < -0.4 is 5.32 Å². The number of benzene rings is 2. The predicted octanol–water partition coefficient (Wildman–Crippen LogP) is 4.28. The van der Waals surface area contributed by atoms with Crippen LogP contribution in [0.25, 0.3) is 0 Å². The number of carbonyl (C=O) groups excluding carboxylic acids is 2. The number of nitrogens with one attached hydrogen (secondary N) is 1. The topological polar surface area (TPSA) is 92.8 Å². The Hall–Kier alpha value is -2.13. The zero-order chi connectivity index (χ0) is 23.3. The van der Waals surface area contributed by atoms with E-state index in [9.17, 15) is 18.0 Å². The molecule has 1 heterocycles. The van der Waals surface area contributed by atoms with Crippen molar-refractivity contribution in [1.82, 2.24) is 4.31 Å². The molecule has 1 fully saturated rings. The minimum Gasteiger partial charge on any atom is -0.453 e. The molecule has 1 aliphatic rings. The summed E-state index contributed by atoms with van der Waals surface area (Å²) in [5.74, 6) is -1.05. The van der Waals surface area contributed by atoms with Gasteiger partial charge < -0.3 is 10.1 Å². The SMILES string of the molecule is CC(OC(=O)CCc1ccc(S(=O)(=O)N2CCCC2)cc1)C(=O)Nc1ccc(Cl)cc1Cl. The van der Waals surface area contributed by atoms with Crippen molar-refractivity contribution in [2.24, 2.45) is 0 Å². The highest BCUT2D eigenvalue weighted by Crippen LogP contribution is 2.25. The molecule has 2 aromatic carbocycles. The van der Waals surface area contributed by atoms with Crippen LogP contribution in [0, 0.1) is 0 Å². The van der Waals surface area contributed by atoms with E-state index >= 15 is 0 Å². The normalized spacial score (nSPS) is 15.3. The van der Waals surface area contributed by atoms with Crippen LogP contribution in [0.5, 0.6) is 0 Å². The highest BCUT2D eigenvalue weighted by atomic mass is 35.5. The standard InChI is InChI=1S/C22H24Cl2N2O5S/c1-15(22(28)25-20-10-7-17(23)14-19(20)24)31-21(27)11-6-16-4-8-18(9-5-16)32(29,30)26-12-2-3-13-26/h4-5,7-10,14-15H,2-3,6,11-13H2,1H3,(H,25,28). The molecule has 0 spiro atoms. The van der Waals surface area contributed by atoms with Gasteiger partial charge in [0.05, 0.1) is 15.6 Å². The van der Waals surface area contributed by atoms with E-state index in [2.05, 4.69) is 5.32 Å². The molecule has 0 saturated carbocycles. The Morgan fingerprint density at radius 2 is 1.75 bits per heavy atom. The number of anilines is 1. The number of rotatable bonds is 8. The average molecular weight is 499 g/mol. The van der Waals surface area contributed by atoms with E-state index in [-0.39, 0.29) is 16.3 Å². The summed E-state index contributed by atoms with van der Waals surface area (Å²) in [5, 5.41) is 3.31. The highest BCUT2D eigenvalue weighted by molar-refractivity contribution is 7.89. The smallest absolute Gasteiger partial charge is 0.306 e. The second-order valence-electron chi connectivity index (χ2n) is 7.50. The molecule has 0 radical (unpaired) electrons. The zero-order valence-electron chi connectivity index (χ0n) is 17.5. The highest BCUT2D eigenvalue weighted by Gasteiger charge is 2.27. The maximum atomic E-state index is 12.6. The number of sulfonamides is 1. The Labute approximate surface area is 197 Å². The van der Waals surface area contributed by atoms with Gasteiger partial charge in [0.2, 0.25) is 10.0 Å². The van der Waals surface area contributed by atoms with E-state index in [1.54, 1.807) is 36.4 Å². The number of ether oxygens (including phenoxy) is 1. The van der Waals surface area contributed by atoms with Gasteiger partial charge in [0, 0.05) is 24.5 Å². The Morgan fingerprint density at radius 3 is 2.38 bits per heavy atom. The first-order chi connectivity index (χ1) is 15.2. The molecule has 1 saturated heterocycles. The van der Waals surface area contributed by atoms with Crippen LogP contribution in [0.2, 0.25) is 10.0 Å². The number of amides is 1. The summed E-state index contributed by atoms with van der Waals surface area (Å²) in [4.78, 5) is 24.7. The number of halogens is 2. The van der Waals surface area contributed by atoms with E-state index in [4.69, 9.17) is 27.9 Å². The average Bonchev–Trinajstić information content (AvgIpc) is 3.30. The van der Waals surface area contributed by atoms with Gasteiger partial charge in [0.15, 0.2) is 6.10 Å². The first kappa shape index (κ1) is 24.5. The third-order valence-corrected chi connectivity index (χ3v) is 7.57. The number of aryl methyl sites for hydroxylation is 1. The van der Waals surface area contributed by atoms with Crippen LogP contribution >= 0.6 is 23.2 Å².